The largest absolute Gasteiger partial charge is 0.383 e. The number of nitrogen functional groups attached to an aromatic ring is 1. The molecule has 1 unspecified atom stereocenters. The van der Waals surface area contributed by atoms with Crippen LogP contribution in [0.1, 0.15) is 29.2 Å². The van der Waals surface area contributed by atoms with Crippen LogP contribution in [0, 0.1) is 0 Å². The third-order valence-electron chi connectivity index (χ3n) is 7.39. The van der Waals surface area contributed by atoms with E-state index in [1.165, 1.54) is 6.08 Å². The normalized spacial score (nSPS) is 15.1. The number of amides is 2. The summed E-state index contributed by atoms with van der Waals surface area (Å²) < 4.78 is 3.65. The topological polar surface area (TPSA) is 137 Å². The summed E-state index contributed by atoms with van der Waals surface area (Å²) in [7, 11) is 1.85. The van der Waals surface area contributed by atoms with Gasteiger partial charge in [-0.3, -0.25) is 19.0 Å². The zero-order valence-electron chi connectivity index (χ0n) is 22.9. The third-order valence-corrected chi connectivity index (χ3v) is 7.70. The first-order chi connectivity index (χ1) is 20.3. The fraction of sp³-hybridized carbons (Fsp3) is 0.200. The number of hydrogen-bond acceptors (Lipinski definition) is 7. The van der Waals surface area contributed by atoms with Crippen molar-refractivity contribution in [1.82, 2.24) is 34.4 Å². The number of nitrogens with one attached hydrogen (secondary N) is 1. The Bertz CT molecular complexity index is 1830. The number of anilines is 2. The first-order valence-corrected chi connectivity index (χ1v) is 13.8. The summed E-state index contributed by atoms with van der Waals surface area (Å²) in [5.41, 5.74) is 10.5. The number of pyridine rings is 2. The van der Waals surface area contributed by atoms with Gasteiger partial charge in [-0.2, -0.15) is 10.2 Å². The quantitative estimate of drug-likeness (QED) is 0.277. The van der Waals surface area contributed by atoms with Crippen LogP contribution in [0.5, 0.6) is 0 Å². The van der Waals surface area contributed by atoms with Crippen molar-refractivity contribution >= 4 is 46.0 Å². The zero-order chi connectivity index (χ0) is 29.4. The Morgan fingerprint density at radius 3 is 2.74 bits per heavy atom. The van der Waals surface area contributed by atoms with Crippen LogP contribution in [0.25, 0.3) is 33.3 Å². The Labute approximate surface area is 246 Å². The molecule has 1 saturated heterocycles. The van der Waals surface area contributed by atoms with Crippen LogP contribution in [-0.4, -0.2) is 59.3 Å². The predicted molar refractivity (Wildman–Crippen MR) is 162 cm³/mol. The molecule has 0 aliphatic carbocycles. The van der Waals surface area contributed by atoms with Crippen molar-refractivity contribution in [1.29, 1.82) is 0 Å². The van der Waals surface area contributed by atoms with Crippen molar-refractivity contribution in [2.45, 2.75) is 18.9 Å². The van der Waals surface area contributed by atoms with Crippen molar-refractivity contribution in [2.24, 2.45) is 7.05 Å². The number of nitrogens with two attached hydrogens (primary N) is 1. The molecule has 3 N–H and O–H groups in total. The number of carbonyl (C=O) groups is 2. The minimum atomic E-state index is -0.341. The molecule has 1 fully saturated rings. The number of likely N-dealkylation sites (tertiary alicyclic amines) is 1. The average molecular weight is 582 g/mol. The number of aryl methyl sites for hydroxylation is 1. The molecule has 1 atom stereocenters. The Hall–Kier alpha value is -5.03. The maximum absolute atomic E-state index is 12.9. The van der Waals surface area contributed by atoms with Crippen molar-refractivity contribution in [3.05, 3.63) is 84.4 Å². The summed E-state index contributed by atoms with van der Waals surface area (Å²) in [4.78, 5) is 35.8. The molecule has 1 aromatic carbocycles. The number of rotatable bonds is 6. The van der Waals surface area contributed by atoms with Crippen molar-refractivity contribution in [3.8, 4) is 22.4 Å². The number of carbonyl (C=O) groups excluding carboxylic acids is 2. The second kappa shape index (κ2) is 11.1. The van der Waals surface area contributed by atoms with Gasteiger partial charge in [-0.05, 0) is 43.2 Å². The highest BCUT2D eigenvalue weighted by atomic mass is 35.5. The van der Waals surface area contributed by atoms with Gasteiger partial charge < -0.3 is 16.0 Å². The molecule has 0 spiro atoms. The van der Waals surface area contributed by atoms with Gasteiger partial charge in [0, 0.05) is 61.0 Å². The van der Waals surface area contributed by atoms with E-state index in [0.29, 0.717) is 52.0 Å². The molecule has 1 aliphatic heterocycles. The van der Waals surface area contributed by atoms with Gasteiger partial charge in [-0.25, -0.2) is 9.97 Å². The third kappa shape index (κ3) is 4.99. The number of piperidine rings is 1. The molecule has 0 radical (unpaired) electrons. The van der Waals surface area contributed by atoms with E-state index in [0.717, 1.165) is 29.5 Å². The van der Waals surface area contributed by atoms with Gasteiger partial charge in [0.25, 0.3) is 5.91 Å². The number of halogens is 1. The van der Waals surface area contributed by atoms with E-state index in [2.05, 4.69) is 27.0 Å². The van der Waals surface area contributed by atoms with Crippen LogP contribution in [0.2, 0.25) is 5.02 Å². The van der Waals surface area contributed by atoms with Gasteiger partial charge in [-0.1, -0.05) is 30.3 Å². The SMILES string of the molecule is C=CC(=O)N1CCCC(n2nc(-c3ccc(C(=O)Nc4ccccn4)cc3Cl)c3c(N)ncc(-c4cnn(C)c4)c32)C1. The number of aromatic nitrogens is 6. The monoisotopic (exact) mass is 581 g/mol. The van der Waals surface area contributed by atoms with E-state index >= 15 is 0 Å². The van der Waals surface area contributed by atoms with Gasteiger partial charge in [0.1, 0.15) is 17.3 Å². The van der Waals surface area contributed by atoms with Gasteiger partial charge in [0.2, 0.25) is 5.91 Å². The number of nitrogens with zero attached hydrogens (tertiary/aromatic N) is 7. The average Bonchev–Trinajstić information content (AvgIpc) is 3.62. The molecular formula is C30H28ClN9O2. The summed E-state index contributed by atoms with van der Waals surface area (Å²) in [6.07, 6.45) is 9.95. The van der Waals surface area contributed by atoms with Crippen molar-refractivity contribution in [2.75, 3.05) is 24.1 Å². The highest BCUT2D eigenvalue weighted by Gasteiger charge is 2.30. The van der Waals surface area contributed by atoms with E-state index in [1.807, 2.05) is 17.9 Å². The lowest BCUT2D eigenvalue weighted by Crippen LogP contribution is -2.40. The minimum Gasteiger partial charge on any atom is -0.383 e. The molecular weight excluding hydrogens is 554 g/mol. The zero-order valence-corrected chi connectivity index (χ0v) is 23.6. The highest BCUT2D eigenvalue weighted by molar-refractivity contribution is 6.34. The van der Waals surface area contributed by atoms with Gasteiger partial charge in [0.15, 0.2) is 0 Å². The maximum atomic E-state index is 12.9. The number of benzene rings is 1. The Morgan fingerprint density at radius 1 is 1.17 bits per heavy atom. The van der Waals surface area contributed by atoms with Crippen LogP contribution < -0.4 is 11.1 Å². The smallest absolute Gasteiger partial charge is 0.256 e. The summed E-state index contributed by atoms with van der Waals surface area (Å²) in [5, 5.41) is 13.2. The highest BCUT2D eigenvalue weighted by Crippen LogP contribution is 2.41. The molecule has 42 heavy (non-hydrogen) atoms. The van der Waals surface area contributed by atoms with Crippen molar-refractivity contribution < 1.29 is 9.59 Å². The van der Waals surface area contributed by atoms with Crippen LogP contribution in [0.15, 0.2) is 73.8 Å². The number of fused-ring (bicyclic) bond motifs is 1. The summed E-state index contributed by atoms with van der Waals surface area (Å²) in [5.74, 6) is 0.270. The molecule has 212 valence electrons. The number of hydrogen-bond donors (Lipinski definition) is 2. The minimum absolute atomic E-state index is 0.118. The molecule has 4 aromatic heterocycles. The molecule has 12 heteroatoms. The first kappa shape index (κ1) is 27.2. The van der Waals surface area contributed by atoms with Crippen LogP contribution in [0.4, 0.5) is 11.6 Å². The summed E-state index contributed by atoms with van der Waals surface area (Å²) >= 11 is 6.82. The van der Waals surface area contributed by atoms with Gasteiger partial charge in [-0.15, -0.1) is 0 Å². The Balaban J connectivity index is 1.48. The molecule has 6 rings (SSSR count). The predicted octanol–water partition coefficient (Wildman–Crippen LogP) is 4.73. The summed E-state index contributed by atoms with van der Waals surface area (Å²) in [6, 6.07) is 10.2. The molecule has 11 nitrogen and oxygen atoms in total. The van der Waals surface area contributed by atoms with Crippen LogP contribution in [-0.2, 0) is 11.8 Å². The molecule has 2 amide bonds. The maximum Gasteiger partial charge on any atom is 0.256 e. The molecule has 5 heterocycles. The van der Waals surface area contributed by atoms with E-state index in [4.69, 9.17) is 22.4 Å². The van der Waals surface area contributed by atoms with E-state index in [-0.39, 0.29) is 17.9 Å². The van der Waals surface area contributed by atoms with E-state index in [9.17, 15) is 9.59 Å². The van der Waals surface area contributed by atoms with Gasteiger partial charge in [0.05, 0.1) is 28.2 Å². The lowest BCUT2D eigenvalue weighted by molar-refractivity contribution is -0.127. The van der Waals surface area contributed by atoms with Crippen molar-refractivity contribution in [3.63, 3.8) is 0 Å². The summed E-state index contributed by atoms with van der Waals surface area (Å²) in [6.45, 7) is 4.77. The van der Waals surface area contributed by atoms with Crippen LogP contribution >= 0.6 is 11.6 Å². The Kier molecular flexibility index (Phi) is 7.17. The second-order valence-corrected chi connectivity index (χ2v) is 10.5. The lowest BCUT2D eigenvalue weighted by Gasteiger charge is -2.32. The molecule has 0 bridgehead atoms. The molecule has 1 aliphatic rings. The fourth-order valence-electron chi connectivity index (χ4n) is 5.38. The molecule has 0 saturated carbocycles. The first-order valence-electron chi connectivity index (χ1n) is 13.4. The van der Waals surface area contributed by atoms with E-state index < -0.39 is 0 Å². The standard InChI is InChI=1S/C30H28ClN9O2/c1-3-25(41)39-12-6-7-20(17-39)40-28-22(19-14-35-38(2)16-19)15-34-29(32)26(28)27(37-40)21-10-9-18(13-23(21)31)30(42)36-24-8-4-5-11-33-24/h3-5,8-11,13-16,20H,1,6-7,12,17H2,2H3,(H2,32,34)(H,33,36,42). The van der Waals surface area contributed by atoms with Gasteiger partial charge >= 0.3 is 0 Å². The van der Waals surface area contributed by atoms with E-state index in [1.54, 1.807) is 64.6 Å². The fourth-order valence-corrected chi connectivity index (χ4v) is 5.65. The lowest BCUT2D eigenvalue weighted by atomic mass is 10.0. The second-order valence-electron chi connectivity index (χ2n) is 10.1. The molecule has 5 aromatic rings. The van der Waals surface area contributed by atoms with Crippen LogP contribution in [0.3, 0.4) is 0 Å². The Morgan fingerprint density at radius 2 is 2.02 bits per heavy atom.